The Morgan fingerprint density at radius 2 is 2.10 bits per heavy atom. The molecule has 3 aromatic rings. The summed E-state index contributed by atoms with van der Waals surface area (Å²) in [7, 11) is 3.38. The van der Waals surface area contributed by atoms with Crippen molar-refractivity contribution < 1.29 is 4.79 Å². The lowest BCUT2D eigenvalue weighted by atomic mass is 9.88. The number of aromatic nitrogens is 4. The van der Waals surface area contributed by atoms with Crippen LogP contribution in [0.5, 0.6) is 0 Å². The number of rotatable bonds is 4. The molecule has 0 radical (unpaired) electrons. The van der Waals surface area contributed by atoms with Gasteiger partial charge in [-0.2, -0.15) is 0 Å². The van der Waals surface area contributed by atoms with E-state index in [1.165, 1.54) is 28.8 Å². The highest BCUT2D eigenvalue weighted by molar-refractivity contribution is 5.94. The van der Waals surface area contributed by atoms with Gasteiger partial charge < -0.3 is 26.3 Å². The highest BCUT2D eigenvalue weighted by Gasteiger charge is 2.22. The Balaban J connectivity index is 0.000000431. The second-order valence-electron chi connectivity index (χ2n) is 7.41. The third-order valence-electron chi connectivity index (χ3n) is 4.80. The molecule has 1 atom stereocenters. The number of aryl methyl sites for hydroxylation is 1. The lowest BCUT2D eigenvalue weighted by Crippen LogP contribution is -2.10. The van der Waals surface area contributed by atoms with E-state index in [9.17, 15) is 4.79 Å². The number of pyridine rings is 1. The number of carbonyl (C=O) groups excluding carboxylic acids is 1. The summed E-state index contributed by atoms with van der Waals surface area (Å²) in [5, 5.41) is 11.8. The molecule has 0 saturated heterocycles. The zero-order valence-electron chi connectivity index (χ0n) is 16.9. The van der Waals surface area contributed by atoms with Crippen LogP contribution in [-0.2, 0) is 17.6 Å². The Labute approximate surface area is 169 Å². The molecule has 0 aromatic carbocycles. The van der Waals surface area contributed by atoms with Gasteiger partial charge in [-0.25, -0.2) is 15.0 Å². The zero-order valence-corrected chi connectivity index (χ0v) is 16.9. The number of carbonyl (C=O) groups is 1. The van der Waals surface area contributed by atoms with Crippen LogP contribution in [0.4, 0.5) is 17.3 Å². The third-order valence-corrected chi connectivity index (χ3v) is 4.80. The summed E-state index contributed by atoms with van der Waals surface area (Å²) in [6, 6.07) is 1.80. The van der Waals surface area contributed by atoms with Crippen LogP contribution in [0.1, 0.15) is 30.2 Å². The van der Waals surface area contributed by atoms with Crippen LogP contribution in [0.3, 0.4) is 0 Å². The van der Waals surface area contributed by atoms with Crippen molar-refractivity contribution in [3.05, 3.63) is 35.4 Å². The lowest BCUT2D eigenvalue weighted by molar-refractivity contribution is -0.115. The Kier molecular flexibility index (Phi) is 6.06. The van der Waals surface area contributed by atoms with Gasteiger partial charge in [0.15, 0.2) is 0 Å². The first-order valence-electron chi connectivity index (χ1n) is 9.42. The van der Waals surface area contributed by atoms with E-state index in [1.807, 2.05) is 0 Å². The van der Waals surface area contributed by atoms with Gasteiger partial charge in [-0.15, -0.1) is 0 Å². The maximum absolute atomic E-state index is 9.43. The molecule has 1 aliphatic rings. The summed E-state index contributed by atoms with van der Waals surface area (Å²) in [6.07, 6.45) is 8.43. The van der Waals surface area contributed by atoms with E-state index >= 15 is 0 Å². The van der Waals surface area contributed by atoms with E-state index in [2.05, 4.69) is 32.2 Å². The normalized spacial score (nSPS) is 15.1. The molecule has 152 valence electrons. The highest BCUT2D eigenvalue weighted by Crippen LogP contribution is 2.34. The molecular formula is C20H26N8O. The quantitative estimate of drug-likeness (QED) is 0.396. The first-order valence-corrected chi connectivity index (χ1v) is 9.42. The lowest BCUT2D eigenvalue weighted by Gasteiger charge is -2.18. The van der Waals surface area contributed by atoms with Gasteiger partial charge in [-0.05, 0) is 36.8 Å². The number of hydrogen-bond donors (Lipinski definition) is 4. The van der Waals surface area contributed by atoms with Crippen LogP contribution >= 0.6 is 0 Å². The monoisotopic (exact) mass is 394 g/mol. The molecule has 3 aromatic heterocycles. The fourth-order valence-corrected chi connectivity index (χ4v) is 3.32. The van der Waals surface area contributed by atoms with Crippen LogP contribution in [0.25, 0.3) is 11.0 Å². The topological polar surface area (TPSA) is 137 Å². The molecule has 0 bridgehead atoms. The molecule has 9 nitrogen and oxygen atoms in total. The first kappa shape index (κ1) is 20.2. The Morgan fingerprint density at radius 1 is 1.34 bits per heavy atom. The highest BCUT2D eigenvalue weighted by atomic mass is 16.1. The van der Waals surface area contributed by atoms with Crippen molar-refractivity contribution in [2.24, 2.45) is 5.92 Å². The number of nitrogens with zero attached hydrogens (tertiary/aromatic N) is 4. The zero-order chi connectivity index (χ0) is 21.0. The number of nitrogen functional groups attached to an aromatic ring is 1. The van der Waals surface area contributed by atoms with E-state index in [1.54, 1.807) is 32.7 Å². The smallest absolute Gasteiger partial charge is 0.209 e. The number of hydrogen-bond acceptors (Lipinski definition) is 7. The summed E-state index contributed by atoms with van der Waals surface area (Å²) in [4.78, 5) is 27.2. The number of amides is 1. The molecule has 0 aliphatic heterocycles. The largest absolute Gasteiger partial charge is 0.383 e. The number of anilines is 3. The summed E-state index contributed by atoms with van der Waals surface area (Å²) >= 11 is 0. The van der Waals surface area contributed by atoms with Crippen molar-refractivity contribution in [1.29, 1.82) is 5.41 Å². The standard InChI is InChI=1S/C17H19N7.C3H7NO/c1-9-2-3-13-12(4-9)14-16(21-8-22-17(14)24-13)23-11-5-10(6-18)15(19)20-7-11;1-4(2)3-5/h5-9,18H,2-4H2,1H3,(H2,19,20)(H2,21,22,23,24);3H,1-2H3. The third kappa shape index (κ3) is 4.50. The molecule has 0 spiro atoms. The van der Waals surface area contributed by atoms with Crippen molar-refractivity contribution in [2.45, 2.75) is 26.2 Å². The van der Waals surface area contributed by atoms with Crippen molar-refractivity contribution in [3.63, 3.8) is 0 Å². The Bertz CT molecular complexity index is 1030. The van der Waals surface area contributed by atoms with Gasteiger partial charge in [0.2, 0.25) is 6.41 Å². The molecule has 1 aliphatic carbocycles. The van der Waals surface area contributed by atoms with E-state index < -0.39 is 0 Å². The SMILES string of the molecule is CC1CCc2[nH]c3ncnc(Nc4cnc(N)c(C=N)c4)c3c2C1.CN(C)C=O. The average Bonchev–Trinajstić information content (AvgIpc) is 3.08. The van der Waals surface area contributed by atoms with Gasteiger partial charge in [0.1, 0.15) is 23.6 Å². The maximum Gasteiger partial charge on any atom is 0.209 e. The fourth-order valence-electron chi connectivity index (χ4n) is 3.32. The van der Waals surface area contributed by atoms with Crippen LogP contribution < -0.4 is 11.1 Å². The molecule has 1 amide bonds. The minimum Gasteiger partial charge on any atom is -0.383 e. The predicted molar refractivity (Wildman–Crippen MR) is 115 cm³/mol. The van der Waals surface area contributed by atoms with Crippen LogP contribution in [0, 0.1) is 11.3 Å². The average molecular weight is 394 g/mol. The molecule has 1 unspecified atom stereocenters. The number of H-pyrrole nitrogens is 1. The minimum absolute atomic E-state index is 0.344. The molecule has 29 heavy (non-hydrogen) atoms. The van der Waals surface area contributed by atoms with Crippen LogP contribution in [-0.4, -0.2) is 51.6 Å². The molecule has 0 saturated carbocycles. The van der Waals surface area contributed by atoms with Gasteiger partial charge >= 0.3 is 0 Å². The van der Waals surface area contributed by atoms with Gasteiger partial charge in [0.25, 0.3) is 0 Å². The van der Waals surface area contributed by atoms with Crippen molar-refractivity contribution in [3.8, 4) is 0 Å². The van der Waals surface area contributed by atoms with Crippen molar-refractivity contribution in [2.75, 3.05) is 25.1 Å². The van der Waals surface area contributed by atoms with Crippen molar-refractivity contribution in [1.82, 2.24) is 24.8 Å². The van der Waals surface area contributed by atoms with Gasteiger partial charge in [-0.1, -0.05) is 6.92 Å². The maximum atomic E-state index is 9.43. The van der Waals surface area contributed by atoms with E-state index in [0.29, 0.717) is 17.3 Å². The number of nitrogens with two attached hydrogens (primary N) is 1. The Hall–Kier alpha value is -3.49. The number of aromatic amines is 1. The molecular weight excluding hydrogens is 368 g/mol. The van der Waals surface area contributed by atoms with Gasteiger partial charge in [0, 0.05) is 31.6 Å². The van der Waals surface area contributed by atoms with E-state index in [0.717, 1.165) is 41.8 Å². The van der Waals surface area contributed by atoms with Crippen LogP contribution in [0.2, 0.25) is 0 Å². The van der Waals surface area contributed by atoms with E-state index in [4.69, 9.17) is 11.1 Å². The second kappa shape index (κ2) is 8.68. The van der Waals surface area contributed by atoms with Crippen molar-refractivity contribution >= 4 is 41.0 Å². The molecule has 3 heterocycles. The summed E-state index contributed by atoms with van der Waals surface area (Å²) in [5.74, 6) is 1.76. The molecule has 5 N–H and O–H groups in total. The van der Waals surface area contributed by atoms with Crippen LogP contribution in [0.15, 0.2) is 18.6 Å². The van der Waals surface area contributed by atoms with Gasteiger partial charge in [0.05, 0.1) is 17.3 Å². The predicted octanol–water partition coefficient (Wildman–Crippen LogP) is 2.51. The first-order chi connectivity index (χ1) is 13.9. The summed E-state index contributed by atoms with van der Waals surface area (Å²) in [5.41, 5.74) is 10.5. The van der Waals surface area contributed by atoms with Gasteiger partial charge in [-0.3, -0.25) is 4.79 Å². The Morgan fingerprint density at radius 3 is 2.79 bits per heavy atom. The number of nitrogens with one attached hydrogen (secondary N) is 3. The fraction of sp³-hybridized carbons (Fsp3) is 0.350. The van der Waals surface area contributed by atoms with E-state index in [-0.39, 0.29) is 0 Å². The number of fused-ring (bicyclic) bond motifs is 3. The molecule has 4 rings (SSSR count). The second-order valence-corrected chi connectivity index (χ2v) is 7.41. The molecule has 0 fully saturated rings. The summed E-state index contributed by atoms with van der Waals surface area (Å²) < 4.78 is 0. The molecule has 9 heteroatoms. The minimum atomic E-state index is 0.344. The summed E-state index contributed by atoms with van der Waals surface area (Å²) in [6.45, 7) is 2.28.